The summed E-state index contributed by atoms with van der Waals surface area (Å²) in [6, 6.07) is 9.07. The van der Waals surface area contributed by atoms with Crippen LogP contribution < -0.4 is 10.9 Å². The molecule has 9 nitrogen and oxygen atoms in total. The Morgan fingerprint density at radius 1 is 1.00 bits per heavy atom. The number of fused-ring (bicyclic) bond motifs is 1. The summed E-state index contributed by atoms with van der Waals surface area (Å²) < 4.78 is 3.12. The van der Waals surface area contributed by atoms with Gasteiger partial charge in [-0.3, -0.25) is 9.59 Å². The third-order valence-corrected chi connectivity index (χ3v) is 7.08. The lowest BCUT2D eigenvalue weighted by molar-refractivity contribution is -0.124. The van der Waals surface area contributed by atoms with Crippen molar-refractivity contribution in [1.29, 1.82) is 0 Å². The Morgan fingerprint density at radius 2 is 1.67 bits per heavy atom. The van der Waals surface area contributed by atoms with Crippen molar-refractivity contribution in [3.63, 3.8) is 0 Å². The Balaban J connectivity index is 1.43. The van der Waals surface area contributed by atoms with Gasteiger partial charge < -0.3 is 15.1 Å². The molecule has 2 aromatic heterocycles. The van der Waals surface area contributed by atoms with Gasteiger partial charge >= 0.3 is 0 Å². The van der Waals surface area contributed by atoms with Crippen LogP contribution in [0, 0.1) is 13.8 Å². The summed E-state index contributed by atoms with van der Waals surface area (Å²) in [5.74, 6) is -0.160. The molecule has 4 rings (SSSR count). The van der Waals surface area contributed by atoms with E-state index >= 15 is 0 Å². The fourth-order valence-corrected chi connectivity index (χ4v) is 5.07. The van der Waals surface area contributed by atoms with Crippen LogP contribution in [0.15, 0.2) is 35.1 Å². The van der Waals surface area contributed by atoms with Crippen molar-refractivity contribution < 1.29 is 4.79 Å². The summed E-state index contributed by atoms with van der Waals surface area (Å²) in [7, 11) is 0. The lowest BCUT2D eigenvalue weighted by Crippen LogP contribution is -2.47. The molecule has 3 heterocycles. The number of benzene rings is 1. The first kappa shape index (κ1) is 26.0. The summed E-state index contributed by atoms with van der Waals surface area (Å²) in [5.41, 5.74) is 2.56. The Hall–Kier alpha value is -3.04. The molecule has 1 aliphatic rings. The molecule has 0 aliphatic carbocycles. The molecule has 1 fully saturated rings. The highest BCUT2D eigenvalue weighted by Gasteiger charge is 2.25. The van der Waals surface area contributed by atoms with Crippen LogP contribution in [0.1, 0.15) is 50.5 Å². The number of aromatic nitrogens is 4. The number of hydrogen-bond acceptors (Lipinski definition) is 6. The van der Waals surface area contributed by atoms with Crippen molar-refractivity contribution >= 4 is 16.8 Å². The second kappa shape index (κ2) is 11.8. The molecule has 1 saturated heterocycles. The third kappa shape index (κ3) is 5.52. The van der Waals surface area contributed by atoms with E-state index in [2.05, 4.69) is 32.2 Å². The molecule has 0 radical (unpaired) electrons. The Labute approximate surface area is 213 Å². The van der Waals surface area contributed by atoms with Gasteiger partial charge in [-0.1, -0.05) is 32.0 Å². The Bertz CT molecular complexity index is 1230. The van der Waals surface area contributed by atoms with Crippen LogP contribution in [0.25, 0.3) is 16.6 Å². The minimum Gasteiger partial charge on any atom is -0.354 e. The molecule has 1 aliphatic heterocycles. The van der Waals surface area contributed by atoms with E-state index in [9.17, 15) is 9.59 Å². The molecule has 0 unspecified atom stereocenters. The number of nitrogens with one attached hydrogen (secondary N) is 1. The van der Waals surface area contributed by atoms with Gasteiger partial charge in [-0.05, 0) is 58.3 Å². The summed E-state index contributed by atoms with van der Waals surface area (Å²) >= 11 is 0. The van der Waals surface area contributed by atoms with E-state index in [0.717, 1.165) is 50.5 Å². The number of nitrogens with zero attached hydrogens (tertiary/aromatic N) is 6. The van der Waals surface area contributed by atoms with Crippen LogP contribution in [0.2, 0.25) is 0 Å². The molecular formula is C27H39N7O2. The van der Waals surface area contributed by atoms with E-state index < -0.39 is 6.04 Å². The zero-order valence-corrected chi connectivity index (χ0v) is 22.0. The summed E-state index contributed by atoms with van der Waals surface area (Å²) in [6.07, 6.45) is 2.57. The molecule has 1 amide bonds. The fraction of sp³-hybridized carbons (Fsp3) is 0.556. The molecule has 1 N–H and O–H groups in total. The van der Waals surface area contributed by atoms with Gasteiger partial charge in [-0.25, -0.2) is 9.36 Å². The number of aryl methyl sites for hydroxylation is 2. The van der Waals surface area contributed by atoms with Gasteiger partial charge in [0.05, 0.1) is 22.5 Å². The predicted molar refractivity (Wildman–Crippen MR) is 143 cm³/mol. The molecule has 1 atom stereocenters. The maximum atomic E-state index is 13.5. The zero-order valence-electron chi connectivity index (χ0n) is 22.0. The lowest BCUT2D eigenvalue weighted by atomic mass is 10.2. The van der Waals surface area contributed by atoms with Crippen molar-refractivity contribution in [2.24, 2.45) is 0 Å². The van der Waals surface area contributed by atoms with Gasteiger partial charge in [0.15, 0.2) is 0 Å². The predicted octanol–water partition coefficient (Wildman–Crippen LogP) is 2.68. The normalized spacial score (nSPS) is 15.9. The highest BCUT2D eigenvalue weighted by atomic mass is 16.2. The topological polar surface area (TPSA) is 88.3 Å². The largest absolute Gasteiger partial charge is 0.354 e. The van der Waals surface area contributed by atoms with E-state index in [4.69, 9.17) is 0 Å². The van der Waals surface area contributed by atoms with Gasteiger partial charge in [0.2, 0.25) is 5.91 Å². The molecule has 0 spiro atoms. The average molecular weight is 494 g/mol. The molecule has 3 aromatic rings. The van der Waals surface area contributed by atoms with Crippen LogP contribution >= 0.6 is 0 Å². The minimum absolute atomic E-state index is 0.160. The first-order valence-corrected chi connectivity index (χ1v) is 13.2. The van der Waals surface area contributed by atoms with Crippen molar-refractivity contribution in [1.82, 2.24) is 34.7 Å². The van der Waals surface area contributed by atoms with Crippen LogP contribution in [0.4, 0.5) is 0 Å². The molecule has 1 aromatic carbocycles. The van der Waals surface area contributed by atoms with Crippen molar-refractivity contribution in [2.45, 2.75) is 53.0 Å². The summed E-state index contributed by atoms with van der Waals surface area (Å²) in [4.78, 5) is 31.6. The highest BCUT2D eigenvalue weighted by Crippen LogP contribution is 2.21. The summed E-state index contributed by atoms with van der Waals surface area (Å²) in [6.45, 7) is 15.0. The van der Waals surface area contributed by atoms with Crippen LogP contribution in [-0.2, 0) is 4.79 Å². The maximum absolute atomic E-state index is 13.5. The monoisotopic (exact) mass is 493 g/mol. The molecule has 0 saturated carbocycles. The first-order valence-electron chi connectivity index (χ1n) is 13.2. The van der Waals surface area contributed by atoms with Crippen LogP contribution in [0.3, 0.4) is 0 Å². The number of carbonyl (C=O) groups excluding carboxylic acids is 1. The molecule has 0 bridgehead atoms. The zero-order chi connectivity index (χ0) is 25.7. The SMILES string of the molecule is CCCN1CCN(CCCNC(=O)[C@@H](CC)n2nc(C)c3nn(-c4ccccc4)c(C)c3c2=O)CC1. The number of piperazine rings is 1. The number of rotatable bonds is 10. The maximum Gasteiger partial charge on any atom is 0.278 e. The van der Waals surface area contributed by atoms with E-state index in [0.29, 0.717) is 29.6 Å². The average Bonchev–Trinajstić information content (AvgIpc) is 3.25. The van der Waals surface area contributed by atoms with Crippen LogP contribution in [-0.4, -0.2) is 81.1 Å². The number of para-hydroxylation sites is 1. The Kier molecular flexibility index (Phi) is 8.53. The lowest BCUT2D eigenvalue weighted by Gasteiger charge is -2.34. The minimum atomic E-state index is -0.655. The van der Waals surface area contributed by atoms with Crippen molar-refractivity contribution in [3.05, 3.63) is 52.1 Å². The smallest absolute Gasteiger partial charge is 0.278 e. The van der Waals surface area contributed by atoms with Gasteiger partial charge in [0.25, 0.3) is 5.56 Å². The summed E-state index contributed by atoms with van der Waals surface area (Å²) in [5, 5.41) is 12.7. The van der Waals surface area contributed by atoms with Crippen molar-refractivity contribution in [2.75, 3.05) is 45.8 Å². The van der Waals surface area contributed by atoms with E-state index in [1.54, 1.807) is 4.68 Å². The molecule has 9 heteroatoms. The number of amides is 1. The second-order valence-corrected chi connectivity index (χ2v) is 9.64. The van der Waals surface area contributed by atoms with E-state index in [1.807, 2.05) is 51.1 Å². The standard InChI is InChI=1S/C27H39N7O2/c1-5-14-31-16-18-32(19-17-31)15-10-13-28-26(35)23(6-2)34-27(36)24-21(4)33(22-11-8-7-9-12-22)30-25(24)20(3)29-34/h7-9,11-12,23H,5-6,10,13-19H2,1-4H3,(H,28,35)/t23-/m1/s1. The second-order valence-electron chi connectivity index (χ2n) is 9.64. The van der Waals surface area contributed by atoms with E-state index in [-0.39, 0.29) is 11.5 Å². The van der Waals surface area contributed by atoms with Gasteiger partial charge in [0, 0.05) is 32.7 Å². The van der Waals surface area contributed by atoms with E-state index in [1.165, 1.54) is 17.6 Å². The first-order chi connectivity index (χ1) is 17.4. The van der Waals surface area contributed by atoms with Gasteiger partial charge in [-0.2, -0.15) is 10.2 Å². The van der Waals surface area contributed by atoms with Crippen molar-refractivity contribution in [3.8, 4) is 5.69 Å². The number of hydrogen-bond donors (Lipinski definition) is 1. The Morgan fingerprint density at radius 3 is 2.31 bits per heavy atom. The molecular weight excluding hydrogens is 454 g/mol. The molecule has 194 valence electrons. The third-order valence-electron chi connectivity index (χ3n) is 7.08. The van der Waals surface area contributed by atoms with Crippen LogP contribution in [0.5, 0.6) is 0 Å². The molecule has 36 heavy (non-hydrogen) atoms. The number of carbonyl (C=O) groups is 1. The van der Waals surface area contributed by atoms with Gasteiger partial charge in [-0.15, -0.1) is 0 Å². The fourth-order valence-electron chi connectivity index (χ4n) is 5.07. The quantitative estimate of drug-likeness (QED) is 0.437. The van der Waals surface area contributed by atoms with Gasteiger partial charge in [0.1, 0.15) is 11.6 Å². The highest BCUT2D eigenvalue weighted by molar-refractivity contribution is 5.84.